The number of nitrogens with zero attached hydrogens (tertiary/aromatic N) is 1. The van der Waals surface area contributed by atoms with Gasteiger partial charge in [0.2, 0.25) is 0 Å². The Bertz CT molecular complexity index is 904. The van der Waals surface area contributed by atoms with Crippen molar-refractivity contribution in [1.82, 2.24) is 4.90 Å². The molecule has 138 valence electrons. The molecule has 25 heavy (non-hydrogen) atoms. The molecule has 1 aromatic carbocycles. The molecule has 0 spiro atoms. The molecule has 1 heterocycles. The van der Waals surface area contributed by atoms with Crippen LogP contribution in [-0.2, 0) is 19.7 Å². The van der Waals surface area contributed by atoms with E-state index < -0.39 is 31.2 Å². The fraction of sp³-hybridized carbons (Fsp3) is 0.588. The van der Waals surface area contributed by atoms with Gasteiger partial charge in [0, 0.05) is 19.3 Å². The molecule has 1 saturated heterocycles. The monoisotopic (exact) mass is 385 g/mol. The fourth-order valence-electron chi connectivity index (χ4n) is 3.75. The summed E-state index contributed by atoms with van der Waals surface area (Å²) in [6.07, 6.45) is 0.998. The van der Waals surface area contributed by atoms with Crippen molar-refractivity contribution >= 4 is 25.6 Å². The first-order valence-electron chi connectivity index (χ1n) is 8.22. The Hall–Kier alpha value is -1.41. The summed E-state index contributed by atoms with van der Waals surface area (Å²) in [7, 11) is -7.25. The number of carbonyl (C=O) groups excluding carboxylic acids is 1. The molecule has 0 bridgehead atoms. The van der Waals surface area contributed by atoms with Gasteiger partial charge in [0.25, 0.3) is 5.91 Å². The molecular formula is C17H23NO5S2. The highest BCUT2D eigenvalue weighted by atomic mass is 32.2. The lowest BCUT2D eigenvalue weighted by Crippen LogP contribution is -2.34. The molecule has 1 aliphatic carbocycles. The van der Waals surface area contributed by atoms with Gasteiger partial charge in [0.1, 0.15) is 9.84 Å². The molecule has 8 heteroatoms. The van der Waals surface area contributed by atoms with Crippen LogP contribution in [0, 0.1) is 17.3 Å². The van der Waals surface area contributed by atoms with Gasteiger partial charge in [-0.2, -0.15) is 0 Å². The van der Waals surface area contributed by atoms with Gasteiger partial charge in [-0.1, -0.05) is 26.0 Å². The Morgan fingerprint density at radius 3 is 2.20 bits per heavy atom. The average Bonchev–Trinajstić information content (AvgIpc) is 2.91. The van der Waals surface area contributed by atoms with Crippen molar-refractivity contribution in [3.05, 3.63) is 29.8 Å². The number of piperidine rings is 1. The maximum absolute atomic E-state index is 12.8. The molecule has 1 saturated carbocycles. The zero-order chi connectivity index (χ0) is 18.6. The van der Waals surface area contributed by atoms with E-state index in [2.05, 4.69) is 13.8 Å². The van der Waals surface area contributed by atoms with E-state index in [1.54, 1.807) is 17.0 Å². The van der Waals surface area contributed by atoms with E-state index in [4.69, 9.17) is 0 Å². The molecule has 2 fully saturated rings. The molecule has 0 aromatic heterocycles. The number of carbonyl (C=O) groups is 1. The average molecular weight is 386 g/mol. The minimum absolute atomic E-state index is 0.0801. The third-order valence-electron chi connectivity index (χ3n) is 5.58. The molecule has 1 aliphatic heterocycles. The minimum atomic E-state index is -3.85. The maximum atomic E-state index is 12.8. The Morgan fingerprint density at radius 1 is 1.08 bits per heavy atom. The Kier molecular flexibility index (Phi) is 4.27. The normalized spacial score (nSPS) is 24.8. The molecule has 3 rings (SSSR count). The van der Waals surface area contributed by atoms with Crippen LogP contribution in [0.25, 0.3) is 0 Å². The van der Waals surface area contributed by atoms with Crippen molar-refractivity contribution in [2.75, 3.05) is 30.9 Å². The van der Waals surface area contributed by atoms with E-state index in [0.717, 1.165) is 6.26 Å². The van der Waals surface area contributed by atoms with Crippen LogP contribution in [0.15, 0.2) is 29.2 Å². The van der Waals surface area contributed by atoms with Crippen LogP contribution in [0.1, 0.15) is 24.2 Å². The number of amides is 1. The van der Waals surface area contributed by atoms with Crippen LogP contribution in [0.3, 0.4) is 0 Å². The van der Waals surface area contributed by atoms with E-state index in [1.807, 2.05) is 0 Å². The van der Waals surface area contributed by atoms with Crippen LogP contribution in [0.2, 0.25) is 0 Å². The standard InChI is InChI=1S/C17H23NO5S2/c1-17(2)13-10-18(11-14(13)17)16(19)12-6-4-5-7-15(12)25(22,23)9-8-24(3,20)21/h4-7,13-14H,8-11H2,1-3H3/t13-,14-/m1/s1. The topological polar surface area (TPSA) is 88.6 Å². The summed E-state index contributed by atoms with van der Waals surface area (Å²) >= 11 is 0. The van der Waals surface area contributed by atoms with Crippen LogP contribution in [0.4, 0.5) is 0 Å². The lowest BCUT2D eigenvalue weighted by atomic mass is 10.1. The molecule has 0 N–H and O–H groups in total. The van der Waals surface area contributed by atoms with Crippen molar-refractivity contribution in [3.8, 4) is 0 Å². The largest absolute Gasteiger partial charge is 0.338 e. The lowest BCUT2D eigenvalue weighted by Gasteiger charge is -2.23. The highest BCUT2D eigenvalue weighted by Crippen LogP contribution is 2.62. The van der Waals surface area contributed by atoms with E-state index in [9.17, 15) is 21.6 Å². The van der Waals surface area contributed by atoms with Gasteiger partial charge in [-0.25, -0.2) is 16.8 Å². The van der Waals surface area contributed by atoms with Crippen LogP contribution >= 0.6 is 0 Å². The Morgan fingerprint density at radius 2 is 1.64 bits per heavy atom. The van der Waals surface area contributed by atoms with Gasteiger partial charge in [0.15, 0.2) is 9.84 Å². The SMILES string of the molecule is CC1(C)[C@@H]2CN(C(=O)c3ccccc3S(=O)(=O)CCS(C)(=O)=O)C[C@H]21. The first kappa shape index (κ1) is 18.4. The number of rotatable bonds is 5. The van der Waals surface area contributed by atoms with Crippen LogP contribution < -0.4 is 0 Å². The zero-order valence-corrected chi connectivity index (χ0v) is 16.2. The van der Waals surface area contributed by atoms with Crippen molar-refractivity contribution in [2.45, 2.75) is 18.7 Å². The summed E-state index contributed by atoms with van der Waals surface area (Å²) in [5.41, 5.74) is 0.396. The van der Waals surface area contributed by atoms with Gasteiger partial charge in [-0.3, -0.25) is 4.79 Å². The summed E-state index contributed by atoms with van der Waals surface area (Å²) < 4.78 is 47.7. The predicted octanol–water partition coefficient (Wildman–Crippen LogP) is 1.23. The number of hydrogen-bond donors (Lipinski definition) is 0. The number of likely N-dealkylation sites (tertiary alicyclic amines) is 1. The third kappa shape index (κ3) is 3.46. The smallest absolute Gasteiger partial charge is 0.255 e. The number of sulfone groups is 2. The molecule has 6 nitrogen and oxygen atoms in total. The van der Waals surface area contributed by atoms with Crippen molar-refractivity contribution in [1.29, 1.82) is 0 Å². The first-order valence-corrected chi connectivity index (χ1v) is 11.9. The zero-order valence-electron chi connectivity index (χ0n) is 14.6. The second kappa shape index (κ2) is 5.81. The summed E-state index contributed by atoms with van der Waals surface area (Å²) in [6, 6.07) is 6.06. The van der Waals surface area contributed by atoms with Crippen LogP contribution in [0.5, 0.6) is 0 Å². The number of fused-ring (bicyclic) bond motifs is 1. The van der Waals surface area contributed by atoms with Crippen molar-refractivity contribution in [2.24, 2.45) is 17.3 Å². The molecule has 0 radical (unpaired) electrons. The van der Waals surface area contributed by atoms with Gasteiger partial charge < -0.3 is 4.90 Å². The van der Waals surface area contributed by atoms with E-state index in [1.165, 1.54) is 12.1 Å². The van der Waals surface area contributed by atoms with Gasteiger partial charge >= 0.3 is 0 Å². The number of hydrogen-bond acceptors (Lipinski definition) is 5. The lowest BCUT2D eigenvalue weighted by molar-refractivity contribution is 0.0754. The quantitative estimate of drug-likeness (QED) is 0.761. The Labute approximate surface area is 149 Å². The minimum Gasteiger partial charge on any atom is -0.338 e. The van der Waals surface area contributed by atoms with E-state index >= 15 is 0 Å². The number of benzene rings is 1. The highest BCUT2D eigenvalue weighted by Gasteiger charge is 2.62. The predicted molar refractivity (Wildman–Crippen MR) is 94.9 cm³/mol. The summed E-state index contributed by atoms with van der Waals surface area (Å²) in [5, 5.41) is 0. The van der Waals surface area contributed by atoms with Gasteiger partial charge in [-0.15, -0.1) is 0 Å². The molecule has 0 unspecified atom stereocenters. The molecular weight excluding hydrogens is 362 g/mol. The molecule has 1 amide bonds. The summed E-state index contributed by atoms with van der Waals surface area (Å²) in [4.78, 5) is 14.5. The summed E-state index contributed by atoms with van der Waals surface area (Å²) in [5.74, 6) is -0.314. The van der Waals surface area contributed by atoms with E-state index in [-0.39, 0.29) is 21.8 Å². The van der Waals surface area contributed by atoms with Gasteiger partial charge in [0.05, 0.1) is 22.0 Å². The first-order chi connectivity index (χ1) is 11.4. The van der Waals surface area contributed by atoms with Gasteiger partial charge in [-0.05, 0) is 29.4 Å². The maximum Gasteiger partial charge on any atom is 0.255 e. The molecule has 2 atom stereocenters. The third-order valence-corrected chi connectivity index (χ3v) is 8.56. The second-order valence-electron chi connectivity index (χ2n) is 7.69. The molecule has 1 aromatic rings. The fourth-order valence-corrected chi connectivity index (χ4v) is 6.84. The second-order valence-corrected chi connectivity index (χ2v) is 12.0. The molecule has 2 aliphatic rings. The highest BCUT2D eigenvalue weighted by molar-refractivity contribution is 7.94. The van der Waals surface area contributed by atoms with Crippen molar-refractivity contribution in [3.63, 3.8) is 0 Å². The van der Waals surface area contributed by atoms with E-state index in [0.29, 0.717) is 24.9 Å². The Balaban J connectivity index is 1.83. The van der Waals surface area contributed by atoms with Crippen molar-refractivity contribution < 1.29 is 21.6 Å². The summed E-state index contributed by atoms with van der Waals surface area (Å²) in [6.45, 7) is 5.67. The van der Waals surface area contributed by atoms with Crippen LogP contribution in [-0.4, -0.2) is 58.5 Å².